The van der Waals surface area contributed by atoms with E-state index in [-0.39, 0.29) is 5.04 Å². The first-order valence-electron chi connectivity index (χ1n) is 5.88. The number of benzene rings is 1. The van der Waals surface area contributed by atoms with Crippen LogP contribution >= 0.6 is 15.9 Å². The normalized spacial score (nSPS) is 12.4. The number of halogens is 1. The van der Waals surface area contributed by atoms with Crippen molar-refractivity contribution in [2.75, 3.05) is 0 Å². The maximum Gasteiger partial charge on any atom is 0.488 e. The van der Waals surface area contributed by atoms with Gasteiger partial charge in [-0.25, -0.2) is 0 Å². The predicted molar refractivity (Wildman–Crippen MR) is 81.8 cm³/mol. The van der Waals surface area contributed by atoms with Crippen LogP contribution in [0.4, 0.5) is 0 Å². The molecule has 3 nitrogen and oxygen atoms in total. The van der Waals surface area contributed by atoms with E-state index < -0.39 is 15.4 Å². The summed E-state index contributed by atoms with van der Waals surface area (Å²) in [6, 6.07) is 5.20. The second-order valence-corrected chi connectivity index (χ2v) is 11.6. The molecule has 0 amide bonds. The van der Waals surface area contributed by atoms with E-state index in [1.54, 1.807) is 12.1 Å². The first kappa shape index (κ1) is 15.8. The molecule has 100 valence electrons. The van der Waals surface area contributed by atoms with Crippen LogP contribution in [0.5, 0.6) is 5.75 Å². The lowest BCUT2D eigenvalue weighted by atomic mass is 9.80. The summed E-state index contributed by atoms with van der Waals surface area (Å²) >= 11 is 3.35. The molecule has 2 N–H and O–H groups in total. The highest BCUT2D eigenvalue weighted by molar-refractivity contribution is 9.10. The summed E-state index contributed by atoms with van der Waals surface area (Å²) < 4.78 is 6.90. The molecule has 0 spiro atoms. The number of rotatable bonds is 3. The van der Waals surface area contributed by atoms with E-state index in [2.05, 4.69) is 49.8 Å². The van der Waals surface area contributed by atoms with Gasteiger partial charge in [-0.3, -0.25) is 0 Å². The summed E-state index contributed by atoms with van der Waals surface area (Å²) in [6.45, 7) is 10.8. The smallest absolute Gasteiger partial charge is 0.488 e. The Morgan fingerprint density at radius 3 is 2.17 bits per heavy atom. The first-order valence-corrected chi connectivity index (χ1v) is 9.59. The number of hydrogen-bond donors (Lipinski definition) is 2. The summed E-state index contributed by atoms with van der Waals surface area (Å²) in [5, 5.41) is 18.5. The van der Waals surface area contributed by atoms with Gasteiger partial charge in [-0.15, -0.1) is 0 Å². The van der Waals surface area contributed by atoms with Crippen LogP contribution in [0.25, 0.3) is 0 Å². The van der Waals surface area contributed by atoms with E-state index in [1.165, 1.54) is 0 Å². The molecule has 0 aromatic heterocycles. The molecule has 0 radical (unpaired) electrons. The quantitative estimate of drug-likeness (QED) is 0.837. The molecule has 0 aliphatic carbocycles. The molecule has 18 heavy (non-hydrogen) atoms. The minimum absolute atomic E-state index is 0.104. The molecule has 0 saturated carbocycles. The summed E-state index contributed by atoms with van der Waals surface area (Å²) in [5.41, 5.74) is 0.429. The van der Waals surface area contributed by atoms with Crippen molar-refractivity contribution >= 4 is 36.8 Å². The Labute approximate surface area is 119 Å². The third-order valence-electron chi connectivity index (χ3n) is 3.37. The molecule has 1 aromatic carbocycles. The minimum atomic E-state index is -1.91. The van der Waals surface area contributed by atoms with E-state index in [0.29, 0.717) is 11.2 Å². The Bertz CT molecular complexity index is 430. The van der Waals surface area contributed by atoms with Gasteiger partial charge >= 0.3 is 7.12 Å². The average molecular weight is 331 g/mol. The Balaban J connectivity index is 3.05. The topological polar surface area (TPSA) is 49.7 Å². The van der Waals surface area contributed by atoms with Crippen molar-refractivity contribution in [2.24, 2.45) is 0 Å². The fourth-order valence-corrected chi connectivity index (χ4v) is 2.74. The van der Waals surface area contributed by atoms with Gasteiger partial charge in [-0.1, -0.05) is 36.7 Å². The Kier molecular flexibility index (Phi) is 4.70. The molecule has 0 heterocycles. The van der Waals surface area contributed by atoms with Crippen LogP contribution in [0, 0.1) is 0 Å². The Morgan fingerprint density at radius 1 is 1.17 bits per heavy atom. The van der Waals surface area contributed by atoms with Crippen molar-refractivity contribution in [3.8, 4) is 5.75 Å². The highest BCUT2D eigenvalue weighted by Crippen LogP contribution is 2.37. The van der Waals surface area contributed by atoms with Gasteiger partial charge < -0.3 is 14.5 Å². The van der Waals surface area contributed by atoms with Crippen molar-refractivity contribution in [1.82, 2.24) is 0 Å². The number of hydrogen-bond acceptors (Lipinski definition) is 3. The fraction of sp³-hybridized carbons (Fsp3) is 0.500. The lowest BCUT2D eigenvalue weighted by molar-refractivity contribution is 0.425. The van der Waals surface area contributed by atoms with Gasteiger partial charge in [0.25, 0.3) is 0 Å². The minimum Gasteiger partial charge on any atom is -0.543 e. The van der Waals surface area contributed by atoms with Gasteiger partial charge in [-0.05, 0) is 41.8 Å². The fourth-order valence-electron chi connectivity index (χ4n) is 1.24. The summed E-state index contributed by atoms with van der Waals surface area (Å²) in [7, 11) is -3.39. The zero-order valence-corrected chi connectivity index (χ0v) is 14.1. The van der Waals surface area contributed by atoms with E-state index >= 15 is 0 Å². The van der Waals surface area contributed by atoms with E-state index in [1.807, 2.05) is 6.07 Å². The highest BCUT2D eigenvalue weighted by Gasteiger charge is 2.39. The van der Waals surface area contributed by atoms with Gasteiger partial charge in [0.15, 0.2) is 0 Å². The van der Waals surface area contributed by atoms with Crippen LogP contribution in [0.15, 0.2) is 22.7 Å². The third kappa shape index (κ3) is 3.85. The SMILES string of the molecule is CC(C)(C)[Si](C)(C)Oc1cc(Br)cc(B(O)O)c1. The van der Waals surface area contributed by atoms with Crippen molar-refractivity contribution in [3.63, 3.8) is 0 Å². The maximum absolute atomic E-state index is 9.22. The lowest BCUT2D eigenvalue weighted by Gasteiger charge is -2.36. The predicted octanol–water partition coefficient (Wildman–Crippen LogP) is 2.51. The second-order valence-electron chi connectivity index (χ2n) is 5.96. The maximum atomic E-state index is 9.22. The molecular formula is C12H20BBrO3Si. The molecule has 0 atom stereocenters. The Hall–Kier alpha value is -0.298. The monoisotopic (exact) mass is 330 g/mol. The van der Waals surface area contributed by atoms with Crippen LogP contribution in [0.3, 0.4) is 0 Å². The zero-order valence-electron chi connectivity index (χ0n) is 11.5. The van der Waals surface area contributed by atoms with Crippen molar-refractivity contribution < 1.29 is 14.5 Å². The van der Waals surface area contributed by atoms with E-state index in [9.17, 15) is 10.0 Å². The summed E-state index contributed by atoms with van der Waals surface area (Å²) in [4.78, 5) is 0. The summed E-state index contributed by atoms with van der Waals surface area (Å²) in [6.07, 6.45) is 0. The molecule has 0 aliphatic rings. The standard InChI is InChI=1S/C12H20BBrO3Si/c1-12(2,3)18(4,5)17-11-7-9(13(15)16)6-10(14)8-11/h6-8,15-16H,1-5H3. The molecule has 0 saturated heterocycles. The van der Waals surface area contributed by atoms with Crippen molar-refractivity contribution in [3.05, 3.63) is 22.7 Å². The first-order chi connectivity index (χ1) is 8.03. The highest BCUT2D eigenvalue weighted by atomic mass is 79.9. The third-order valence-corrected chi connectivity index (χ3v) is 8.19. The lowest BCUT2D eigenvalue weighted by Crippen LogP contribution is -2.44. The van der Waals surface area contributed by atoms with Crippen LogP contribution in [-0.2, 0) is 0 Å². The second kappa shape index (κ2) is 5.37. The van der Waals surface area contributed by atoms with Gasteiger partial charge in [0.2, 0.25) is 8.32 Å². The molecule has 1 aromatic rings. The van der Waals surface area contributed by atoms with Crippen LogP contribution in [0.2, 0.25) is 18.1 Å². The Morgan fingerprint density at radius 2 is 1.72 bits per heavy atom. The molecule has 6 heteroatoms. The molecule has 0 bridgehead atoms. The van der Waals surface area contributed by atoms with E-state index in [4.69, 9.17) is 4.43 Å². The average Bonchev–Trinajstić information content (AvgIpc) is 2.13. The van der Waals surface area contributed by atoms with Gasteiger partial charge in [0.1, 0.15) is 5.75 Å². The summed E-state index contributed by atoms with van der Waals surface area (Å²) in [5.74, 6) is 0.680. The van der Waals surface area contributed by atoms with E-state index in [0.717, 1.165) is 4.47 Å². The van der Waals surface area contributed by atoms with Gasteiger partial charge in [-0.2, -0.15) is 0 Å². The zero-order chi connectivity index (χ0) is 14.1. The van der Waals surface area contributed by atoms with Crippen LogP contribution in [-0.4, -0.2) is 25.5 Å². The van der Waals surface area contributed by atoms with Gasteiger partial charge in [0, 0.05) is 4.47 Å². The van der Waals surface area contributed by atoms with Crippen LogP contribution in [0.1, 0.15) is 20.8 Å². The van der Waals surface area contributed by atoms with Gasteiger partial charge in [0.05, 0.1) is 0 Å². The molecular weight excluding hydrogens is 311 g/mol. The van der Waals surface area contributed by atoms with Crippen LogP contribution < -0.4 is 9.89 Å². The van der Waals surface area contributed by atoms with Crippen molar-refractivity contribution in [2.45, 2.75) is 38.9 Å². The molecule has 1 rings (SSSR count). The van der Waals surface area contributed by atoms with Crippen molar-refractivity contribution in [1.29, 1.82) is 0 Å². The molecule has 0 aliphatic heterocycles. The largest absolute Gasteiger partial charge is 0.543 e. The molecule has 0 fully saturated rings. The molecule has 0 unspecified atom stereocenters.